The van der Waals surface area contributed by atoms with E-state index in [1.807, 2.05) is 0 Å². The van der Waals surface area contributed by atoms with Crippen LogP contribution in [0.3, 0.4) is 0 Å². The molecule has 0 radical (unpaired) electrons. The third-order valence-electron chi connectivity index (χ3n) is 4.53. The Balaban J connectivity index is 1.40. The molecule has 2 atom stereocenters. The van der Waals surface area contributed by atoms with Gasteiger partial charge in [0, 0.05) is 12.1 Å². The van der Waals surface area contributed by atoms with Gasteiger partial charge in [-0.2, -0.15) is 0 Å². The molecule has 0 aromatic heterocycles. The molecule has 0 aliphatic heterocycles. The normalized spacial score (nSPS) is 31.8. The van der Waals surface area contributed by atoms with Gasteiger partial charge in [-0.25, -0.2) is 0 Å². The molecule has 0 unspecified atom stereocenters. The molecule has 0 saturated heterocycles. The van der Waals surface area contributed by atoms with E-state index in [0.717, 1.165) is 25.2 Å². The summed E-state index contributed by atoms with van der Waals surface area (Å²) in [5.41, 5.74) is 0. The van der Waals surface area contributed by atoms with E-state index in [0.29, 0.717) is 5.92 Å². The first-order chi connectivity index (χ1) is 8.74. The number of hydrogen-bond donors (Lipinski definition) is 2. The average molecular weight is 250 g/mol. The lowest BCUT2D eigenvalue weighted by Crippen LogP contribution is -2.42. The fourth-order valence-electron chi connectivity index (χ4n) is 3.18. The molecular formula is C14H22N2O2. The molecule has 3 fully saturated rings. The Morgan fingerprint density at radius 1 is 0.833 bits per heavy atom. The predicted octanol–water partition coefficient (Wildman–Crippen LogP) is 1.35. The molecule has 0 heterocycles. The Morgan fingerprint density at radius 2 is 1.50 bits per heavy atom. The van der Waals surface area contributed by atoms with Crippen LogP contribution in [0.2, 0.25) is 0 Å². The second kappa shape index (κ2) is 4.90. The van der Waals surface area contributed by atoms with E-state index in [2.05, 4.69) is 10.6 Å². The third-order valence-corrected chi connectivity index (χ3v) is 4.53. The minimum absolute atomic E-state index is 0.261. The van der Waals surface area contributed by atoms with Gasteiger partial charge in [0.25, 0.3) is 0 Å². The van der Waals surface area contributed by atoms with Crippen LogP contribution < -0.4 is 10.6 Å². The summed E-state index contributed by atoms with van der Waals surface area (Å²) in [6.45, 7) is 0. The number of hydrogen-bond acceptors (Lipinski definition) is 2. The van der Waals surface area contributed by atoms with Crippen LogP contribution in [0.15, 0.2) is 0 Å². The summed E-state index contributed by atoms with van der Waals surface area (Å²) >= 11 is 0. The SMILES string of the molecule is O=C(NC1CC1)C(=O)N[C@H]1C[C@@H]1C1CCCCC1. The number of carbonyl (C=O) groups excluding carboxylic acids is 2. The topological polar surface area (TPSA) is 58.2 Å². The molecule has 3 rings (SSSR count). The Bertz CT molecular complexity index is 346. The van der Waals surface area contributed by atoms with Gasteiger partial charge in [0.15, 0.2) is 0 Å². The molecular weight excluding hydrogens is 228 g/mol. The van der Waals surface area contributed by atoms with Gasteiger partial charge in [-0.05, 0) is 31.1 Å². The van der Waals surface area contributed by atoms with Crippen LogP contribution in [0.1, 0.15) is 51.4 Å². The van der Waals surface area contributed by atoms with Crippen LogP contribution in [0.5, 0.6) is 0 Å². The quantitative estimate of drug-likeness (QED) is 0.743. The molecule has 0 aromatic carbocycles. The van der Waals surface area contributed by atoms with Crippen molar-refractivity contribution in [1.29, 1.82) is 0 Å². The van der Waals surface area contributed by atoms with Gasteiger partial charge in [0.2, 0.25) is 0 Å². The second-order valence-electron chi connectivity index (χ2n) is 6.13. The fraction of sp³-hybridized carbons (Fsp3) is 0.857. The summed E-state index contributed by atoms with van der Waals surface area (Å²) in [5.74, 6) is 0.565. The van der Waals surface area contributed by atoms with Crippen molar-refractivity contribution in [2.45, 2.75) is 63.5 Å². The predicted molar refractivity (Wildman–Crippen MR) is 67.8 cm³/mol. The Labute approximate surface area is 108 Å². The molecule has 3 aliphatic carbocycles. The molecule has 3 aliphatic rings. The summed E-state index contributed by atoms with van der Waals surface area (Å²) in [6, 6.07) is 0.530. The summed E-state index contributed by atoms with van der Waals surface area (Å²) in [7, 11) is 0. The van der Waals surface area contributed by atoms with Gasteiger partial charge >= 0.3 is 11.8 Å². The molecule has 2 N–H and O–H groups in total. The number of rotatable bonds is 3. The van der Waals surface area contributed by atoms with Gasteiger partial charge in [0.05, 0.1) is 0 Å². The van der Waals surface area contributed by atoms with Gasteiger partial charge in [-0.15, -0.1) is 0 Å². The van der Waals surface area contributed by atoms with E-state index in [4.69, 9.17) is 0 Å². The minimum atomic E-state index is -0.438. The maximum absolute atomic E-state index is 11.7. The summed E-state index contributed by atoms with van der Waals surface area (Å²) < 4.78 is 0. The van der Waals surface area contributed by atoms with Crippen molar-refractivity contribution in [2.75, 3.05) is 0 Å². The van der Waals surface area contributed by atoms with Gasteiger partial charge in [0.1, 0.15) is 0 Å². The highest BCUT2D eigenvalue weighted by Crippen LogP contribution is 2.44. The fourth-order valence-corrected chi connectivity index (χ4v) is 3.18. The van der Waals surface area contributed by atoms with Crippen LogP contribution in [-0.4, -0.2) is 23.9 Å². The molecule has 0 aromatic rings. The van der Waals surface area contributed by atoms with E-state index in [1.54, 1.807) is 0 Å². The van der Waals surface area contributed by atoms with E-state index in [9.17, 15) is 9.59 Å². The lowest BCUT2D eigenvalue weighted by Gasteiger charge is -2.21. The molecule has 3 saturated carbocycles. The first-order valence-electron chi connectivity index (χ1n) is 7.35. The van der Waals surface area contributed by atoms with Crippen LogP contribution >= 0.6 is 0 Å². The summed E-state index contributed by atoms with van der Waals surface area (Å²) in [5, 5.41) is 5.61. The molecule has 0 bridgehead atoms. The molecule has 2 amide bonds. The van der Waals surface area contributed by atoms with Crippen molar-refractivity contribution >= 4 is 11.8 Å². The highest BCUT2D eigenvalue weighted by Gasteiger charge is 2.44. The van der Waals surface area contributed by atoms with Crippen LogP contribution in [-0.2, 0) is 9.59 Å². The zero-order valence-electron chi connectivity index (χ0n) is 10.8. The van der Waals surface area contributed by atoms with Gasteiger partial charge in [-0.3, -0.25) is 9.59 Å². The van der Waals surface area contributed by atoms with E-state index in [1.165, 1.54) is 32.1 Å². The summed E-state index contributed by atoms with van der Waals surface area (Å²) in [4.78, 5) is 23.2. The molecule has 18 heavy (non-hydrogen) atoms. The Morgan fingerprint density at radius 3 is 2.17 bits per heavy atom. The van der Waals surface area contributed by atoms with Crippen LogP contribution in [0, 0.1) is 11.8 Å². The maximum Gasteiger partial charge on any atom is 0.309 e. The number of carbonyl (C=O) groups is 2. The highest BCUT2D eigenvalue weighted by atomic mass is 16.2. The minimum Gasteiger partial charge on any atom is -0.345 e. The zero-order valence-corrected chi connectivity index (χ0v) is 10.8. The first-order valence-corrected chi connectivity index (χ1v) is 7.35. The molecule has 100 valence electrons. The lowest BCUT2D eigenvalue weighted by molar-refractivity contribution is -0.139. The smallest absolute Gasteiger partial charge is 0.309 e. The first kappa shape index (κ1) is 12.0. The number of nitrogens with one attached hydrogen (secondary N) is 2. The third kappa shape index (κ3) is 2.85. The van der Waals surface area contributed by atoms with Crippen LogP contribution in [0.4, 0.5) is 0 Å². The molecule has 4 heteroatoms. The zero-order chi connectivity index (χ0) is 12.5. The largest absolute Gasteiger partial charge is 0.345 e. The second-order valence-corrected chi connectivity index (χ2v) is 6.13. The summed E-state index contributed by atoms with van der Waals surface area (Å²) in [6.07, 6.45) is 9.78. The Hall–Kier alpha value is -1.06. The van der Waals surface area contributed by atoms with E-state index < -0.39 is 11.8 Å². The van der Waals surface area contributed by atoms with Crippen molar-refractivity contribution < 1.29 is 9.59 Å². The van der Waals surface area contributed by atoms with Crippen molar-refractivity contribution in [1.82, 2.24) is 10.6 Å². The highest BCUT2D eigenvalue weighted by molar-refractivity contribution is 6.35. The van der Waals surface area contributed by atoms with Gasteiger partial charge < -0.3 is 10.6 Å². The van der Waals surface area contributed by atoms with Crippen LogP contribution in [0.25, 0.3) is 0 Å². The van der Waals surface area contributed by atoms with Crippen molar-refractivity contribution in [3.63, 3.8) is 0 Å². The van der Waals surface area contributed by atoms with E-state index in [-0.39, 0.29) is 12.1 Å². The maximum atomic E-state index is 11.7. The van der Waals surface area contributed by atoms with E-state index >= 15 is 0 Å². The van der Waals surface area contributed by atoms with Crippen molar-refractivity contribution in [2.24, 2.45) is 11.8 Å². The van der Waals surface area contributed by atoms with Crippen molar-refractivity contribution in [3.8, 4) is 0 Å². The molecule has 4 nitrogen and oxygen atoms in total. The Kier molecular flexibility index (Phi) is 3.27. The molecule has 0 spiro atoms. The van der Waals surface area contributed by atoms with Gasteiger partial charge in [-0.1, -0.05) is 32.1 Å². The standard InChI is InChI=1S/C14H22N2O2/c17-13(15-10-6-7-10)14(18)16-12-8-11(12)9-4-2-1-3-5-9/h9-12H,1-8H2,(H,15,17)(H,16,18)/t11-,12+/m1/s1. The van der Waals surface area contributed by atoms with Crippen molar-refractivity contribution in [3.05, 3.63) is 0 Å². The lowest BCUT2D eigenvalue weighted by atomic mass is 9.85. The average Bonchev–Trinajstić information content (AvgIpc) is 3.26. The monoisotopic (exact) mass is 250 g/mol. The number of amides is 2.